The third-order valence-corrected chi connectivity index (χ3v) is 1.47. The lowest BCUT2D eigenvalue weighted by Crippen LogP contribution is -2.15. The second kappa shape index (κ2) is 6.31. The van der Waals surface area contributed by atoms with Crippen LogP contribution in [0.15, 0.2) is 30.3 Å². The number of carbonyl (C=O) groups excluding carboxylic acids is 1. The SMILES string of the molecule is Cl.NC(=O)CCNc1ccccc1. The maximum absolute atomic E-state index is 10.4. The van der Waals surface area contributed by atoms with Crippen LogP contribution in [0, 0.1) is 0 Å². The summed E-state index contributed by atoms with van der Waals surface area (Å²) in [5.41, 5.74) is 5.99. The molecule has 1 aromatic rings. The number of hydrogen-bond acceptors (Lipinski definition) is 2. The van der Waals surface area contributed by atoms with Crippen LogP contribution in [-0.4, -0.2) is 12.5 Å². The fraction of sp³-hybridized carbons (Fsp3) is 0.222. The Labute approximate surface area is 83.7 Å². The van der Waals surface area contributed by atoms with E-state index in [-0.39, 0.29) is 18.3 Å². The number of amides is 1. The molecule has 0 bridgehead atoms. The summed E-state index contributed by atoms with van der Waals surface area (Å²) in [5, 5.41) is 3.08. The van der Waals surface area contributed by atoms with Gasteiger partial charge in [-0.15, -0.1) is 12.4 Å². The van der Waals surface area contributed by atoms with Crippen LogP contribution in [0.1, 0.15) is 6.42 Å². The minimum atomic E-state index is -0.279. The summed E-state index contributed by atoms with van der Waals surface area (Å²) in [4.78, 5) is 10.4. The van der Waals surface area contributed by atoms with Gasteiger partial charge in [0.25, 0.3) is 0 Å². The van der Waals surface area contributed by atoms with Gasteiger partial charge < -0.3 is 11.1 Å². The van der Waals surface area contributed by atoms with Gasteiger partial charge in [-0.05, 0) is 12.1 Å². The second-order valence-corrected chi connectivity index (χ2v) is 2.51. The van der Waals surface area contributed by atoms with E-state index in [4.69, 9.17) is 5.73 Å². The van der Waals surface area contributed by atoms with Crippen LogP contribution in [0.5, 0.6) is 0 Å². The van der Waals surface area contributed by atoms with Gasteiger partial charge in [-0.25, -0.2) is 0 Å². The van der Waals surface area contributed by atoms with Crippen LogP contribution in [0.4, 0.5) is 5.69 Å². The molecular weight excluding hydrogens is 188 g/mol. The average Bonchev–Trinajstić information content (AvgIpc) is 2.05. The van der Waals surface area contributed by atoms with Crippen molar-refractivity contribution in [2.24, 2.45) is 5.73 Å². The van der Waals surface area contributed by atoms with Crippen LogP contribution in [0.25, 0.3) is 0 Å². The molecule has 1 aromatic carbocycles. The first-order chi connectivity index (χ1) is 5.79. The molecule has 0 aliphatic heterocycles. The van der Waals surface area contributed by atoms with Gasteiger partial charge in [0.2, 0.25) is 5.91 Å². The molecule has 3 nitrogen and oxygen atoms in total. The molecule has 0 heterocycles. The van der Waals surface area contributed by atoms with Crippen LogP contribution in [0.3, 0.4) is 0 Å². The highest BCUT2D eigenvalue weighted by Gasteiger charge is 1.92. The zero-order valence-electron chi connectivity index (χ0n) is 7.19. The van der Waals surface area contributed by atoms with E-state index < -0.39 is 0 Å². The van der Waals surface area contributed by atoms with Crippen molar-refractivity contribution in [3.05, 3.63) is 30.3 Å². The maximum atomic E-state index is 10.4. The minimum absolute atomic E-state index is 0. The topological polar surface area (TPSA) is 55.1 Å². The molecule has 0 aliphatic rings. The van der Waals surface area contributed by atoms with Crippen molar-refractivity contribution >= 4 is 24.0 Å². The van der Waals surface area contributed by atoms with Gasteiger partial charge in [0.15, 0.2) is 0 Å². The highest BCUT2D eigenvalue weighted by atomic mass is 35.5. The molecule has 72 valence electrons. The van der Waals surface area contributed by atoms with E-state index >= 15 is 0 Å². The number of para-hydroxylation sites is 1. The predicted molar refractivity (Wildman–Crippen MR) is 56.0 cm³/mol. The summed E-state index contributed by atoms with van der Waals surface area (Å²) < 4.78 is 0. The van der Waals surface area contributed by atoms with Crippen LogP contribution < -0.4 is 11.1 Å². The average molecular weight is 201 g/mol. The maximum Gasteiger partial charge on any atom is 0.219 e. The highest BCUT2D eigenvalue weighted by molar-refractivity contribution is 5.85. The molecule has 1 rings (SSSR count). The standard InChI is InChI=1S/C9H12N2O.ClH/c10-9(12)6-7-11-8-4-2-1-3-5-8;/h1-5,11H,6-7H2,(H2,10,12);1H. The molecule has 3 N–H and O–H groups in total. The Morgan fingerprint density at radius 1 is 1.31 bits per heavy atom. The minimum Gasteiger partial charge on any atom is -0.385 e. The molecule has 0 unspecified atom stereocenters. The van der Waals surface area contributed by atoms with Crippen molar-refractivity contribution in [1.82, 2.24) is 0 Å². The van der Waals surface area contributed by atoms with E-state index in [2.05, 4.69) is 5.32 Å². The smallest absolute Gasteiger partial charge is 0.219 e. The van der Waals surface area contributed by atoms with Crippen molar-refractivity contribution in [2.75, 3.05) is 11.9 Å². The van der Waals surface area contributed by atoms with Crippen molar-refractivity contribution < 1.29 is 4.79 Å². The third kappa shape index (κ3) is 5.09. The number of primary amides is 1. The summed E-state index contributed by atoms with van der Waals surface area (Å²) in [5.74, 6) is -0.279. The molecule has 0 aliphatic carbocycles. The van der Waals surface area contributed by atoms with E-state index in [9.17, 15) is 4.79 Å². The zero-order chi connectivity index (χ0) is 8.81. The Hall–Kier alpha value is -1.22. The fourth-order valence-corrected chi connectivity index (χ4v) is 0.886. The monoisotopic (exact) mass is 200 g/mol. The fourth-order valence-electron chi connectivity index (χ4n) is 0.886. The second-order valence-electron chi connectivity index (χ2n) is 2.51. The van der Waals surface area contributed by atoms with Gasteiger partial charge in [0.1, 0.15) is 0 Å². The van der Waals surface area contributed by atoms with Gasteiger partial charge in [0, 0.05) is 18.7 Å². The molecular formula is C9H13ClN2O. The number of halogens is 1. The summed E-state index contributed by atoms with van der Waals surface area (Å²) in [6.45, 7) is 0.597. The van der Waals surface area contributed by atoms with Gasteiger partial charge in [0.05, 0.1) is 0 Å². The summed E-state index contributed by atoms with van der Waals surface area (Å²) >= 11 is 0. The van der Waals surface area contributed by atoms with Crippen molar-refractivity contribution in [1.29, 1.82) is 0 Å². The van der Waals surface area contributed by atoms with E-state index in [0.29, 0.717) is 13.0 Å². The van der Waals surface area contributed by atoms with E-state index in [0.717, 1.165) is 5.69 Å². The first-order valence-electron chi connectivity index (χ1n) is 3.86. The molecule has 0 atom stereocenters. The predicted octanol–water partition coefficient (Wildman–Crippen LogP) is 1.40. The summed E-state index contributed by atoms with van der Waals surface area (Å²) in [6.07, 6.45) is 0.370. The quantitative estimate of drug-likeness (QED) is 0.772. The van der Waals surface area contributed by atoms with Gasteiger partial charge in [-0.1, -0.05) is 18.2 Å². The van der Waals surface area contributed by atoms with Crippen LogP contribution in [-0.2, 0) is 4.79 Å². The Bertz CT molecular complexity index is 251. The highest BCUT2D eigenvalue weighted by Crippen LogP contribution is 2.03. The number of nitrogens with two attached hydrogens (primary N) is 1. The first-order valence-corrected chi connectivity index (χ1v) is 3.86. The lowest BCUT2D eigenvalue weighted by molar-refractivity contribution is -0.117. The Kier molecular flexibility index (Phi) is 5.72. The number of carbonyl (C=O) groups is 1. The Morgan fingerprint density at radius 3 is 2.46 bits per heavy atom. The molecule has 1 amide bonds. The zero-order valence-corrected chi connectivity index (χ0v) is 8.01. The van der Waals surface area contributed by atoms with E-state index in [1.54, 1.807) is 0 Å². The number of nitrogens with one attached hydrogen (secondary N) is 1. The van der Waals surface area contributed by atoms with Gasteiger partial charge in [-0.3, -0.25) is 4.79 Å². The molecule has 0 saturated heterocycles. The third-order valence-electron chi connectivity index (χ3n) is 1.47. The van der Waals surface area contributed by atoms with Gasteiger partial charge >= 0.3 is 0 Å². The van der Waals surface area contributed by atoms with E-state index in [1.807, 2.05) is 30.3 Å². The first kappa shape index (κ1) is 11.8. The Balaban J connectivity index is 0.00000144. The number of hydrogen-bond donors (Lipinski definition) is 2. The summed E-state index contributed by atoms with van der Waals surface area (Å²) in [7, 11) is 0. The van der Waals surface area contributed by atoms with Crippen molar-refractivity contribution in [2.45, 2.75) is 6.42 Å². The normalized spacial score (nSPS) is 8.62. The lowest BCUT2D eigenvalue weighted by atomic mass is 10.3. The number of anilines is 1. The van der Waals surface area contributed by atoms with Crippen LogP contribution in [0.2, 0.25) is 0 Å². The molecule has 0 saturated carbocycles. The van der Waals surface area contributed by atoms with Crippen molar-refractivity contribution in [3.63, 3.8) is 0 Å². The number of rotatable bonds is 4. The molecule has 13 heavy (non-hydrogen) atoms. The molecule has 4 heteroatoms. The Morgan fingerprint density at radius 2 is 1.92 bits per heavy atom. The van der Waals surface area contributed by atoms with Crippen LogP contribution >= 0.6 is 12.4 Å². The van der Waals surface area contributed by atoms with Gasteiger partial charge in [-0.2, -0.15) is 0 Å². The largest absolute Gasteiger partial charge is 0.385 e. The lowest BCUT2D eigenvalue weighted by Gasteiger charge is -2.02. The van der Waals surface area contributed by atoms with Crippen molar-refractivity contribution in [3.8, 4) is 0 Å². The number of benzene rings is 1. The van der Waals surface area contributed by atoms with E-state index in [1.165, 1.54) is 0 Å². The molecule has 0 fully saturated rings. The molecule has 0 radical (unpaired) electrons. The molecule has 0 spiro atoms. The summed E-state index contributed by atoms with van der Waals surface area (Å²) in [6, 6.07) is 9.71. The molecule has 0 aromatic heterocycles.